The van der Waals surface area contributed by atoms with Crippen molar-refractivity contribution in [1.82, 2.24) is 9.80 Å². The average molecular weight is 262 g/mol. The molecule has 1 aromatic carbocycles. The van der Waals surface area contributed by atoms with Gasteiger partial charge < -0.3 is 10.0 Å². The third-order valence-corrected chi connectivity index (χ3v) is 3.57. The normalized spacial score (nSPS) is 19.6. The van der Waals surface area contributed by atoms with E-state index in [-0.39, 0.29) is 12.0 Å². The van der Waals surface area contributed by atoms with Gasteiger partial charge in [-0.1, -0.05) is 29.8 Å². The number of aliphatic hydroxyl groups excluding tert-OH is 1. The van der Waals surface area contributed by atoms with Crippen LogP contribution in [0.25, 0.3) is 0 Å². The summed E-state index contributed by atoms with van der Waals surface area (Å²) in [6.45, 7) is 4.52. The lowest BCUT2D eigenvalue weighted by Crippen LogP contribution is -2.37. The van der Waals surface area contributed by atoms with Gasteiger partial charge in [-0.3, -0.25) is 9.69 Å². The van der Waals surface area contributed by atoms with Gasteiger partial charge in [0.2, 0.25) is 5.91 Å². The van der Waals surface area contributed by atoms with Gasteiger partial charge in [0.25, 0.3) is 0 Å². The number of aryl methyl sites for hydroxylation is 1. The van der Waals surface area contributed by atoms with Crippen LogP contribution in [0.1, 0.15) is 17.5 Å². The van der Waals surface area contributed by atoms with E-state index in [0.29, 0.717) is 19.6 Å². The number of likely N-dealkylation sites (tertiary alicyclic amines) is 1. The quantitative estimate of drug-likeness (QED) is 0.881. The van der Waals surface area contributed by atoms with Crippen molar-refractivity contribution in [3.05, 3.63) is 35.4 Å². The van der Waals surface area contributed by atoms with Gasteiger partial charge in [-0.25, -0.2) is 0 Å². The van der Waals surface area contributed by atoms with Crippen molar-refractivity contribution in [2.75, 3.05) is 26.7 Å². The van der Waals surface area contributed by atoms with Crippen LogP contribution in [0.5, 0.6) is 0 Å². The fourth-order valence-corrected chi connectivity index (χ4v) is 2.32. The van der Waals surface area contributed by atoms with Crippen LogP contribution >= 0.6 is 0 Å². The summed E-state index contributed by atoms with van der Waals surface area (Å²) in [6, 6.07) is 8.23. The van der Waals surface area contributed by atoms with Crippen molar-refractivity contribution >= 4 is 5.91 Å². The zero-order valence-electron chi connectivity index (χ0n) is 11.7. The van der Waals surface area contributed by atoms with Crippen LogP contribution < -0.4 is 0 Å². The highest BCUT2D eigenvalue weighted by molar-refractivity contribution is 5.78. The first-order chi connectivity index (χ1) is 9.04. The molecule has 19 heavy (non-hydrogen) atoms. The van der Waals surface area contributed by atoms with Crippen LogP contribution in [-0.4, -0.2) is 53.6 Å². The molecule has 0 aliphatic carbocycles. The molecule has 4 nitrogen and oxygen atoms in total. The zero-order valence-corrected chi connectivity index (χ0v) is 11.7. The maximum Gasteiger partial charge on any atom is 0.236 e. The predicted octanol–water partition coefficient (Wildman–Crippen LogP) is 1.02. The van der Waals surface area contributed by atoms with Gasteiger partial charge in [0.1, 0.15) is 0 Å². The lowest BCUT2D eigenvalue weighted by atomic mass is 10.1. The summed E-state index contributed by atoms with van der Waals surface area (Å²) < 4.78 is 0. The largest absolute Gasteiger partial charge is 0.392 e. The molecular formula is C15H22N2O2. The summed E-state index contributed by atoms with van der Waals surface area (Å²) in [5.41, 5.74) is 2.37. The van der Waals surface area contributed by atoms with Gasteiger partial charge in [0.05, 0.1) is 12.6 Å². The lowest BCUT2D eigenvalue weighted by molar-refractivity contribution is -0.131. The summed E-state index contributed by atoms with van der Waals surface area (Å²) in [7, 11) is 1.83. The number of carbonyl (C=O) groups is 1. The first kappa shape index (κ1) is 14.0. The number of hydrogen-bond donors (Lipinski definition) is 1. The van der Waals surface area contributed by atoms with Gasteiger partial charge in [0, 0.05) is 26.7 Å². The molecule has 104 valence electrons. The van der Waals surface area contributed by atoms with Crippen LogP contribution in [0.3, 0.4) is 0 Å². The second kappa shape index (κ2) is 6.17. The standard InChI is InChI=1S/C15H22N2O2/c1-12-3-5-13(6-4-12)9-16(2)15(19)11-17-8-7-14(18)10-17/h3-6,14,18H,7-11H2,1-2H3/t14-/m1/s1. The molecule has 1 aliphatic rings. The molecule has 1 N–H and O–H groups in total. The molecular weight excluding hydrogens is 240 g/mol. The number of amides is 1. The van der Waals surface area contributed by atoms with Crippen LogP contribution in [0.2, 0.25) is 0 Å². The maximum atomic E-state index is 12.1. The Bertz CT molecular complexity index is 430. The van der Waals surface area contributed by atoms with Crippen molar-refractivity contribution in [1.29, 1.82) is 0 Å². The zero-order chi connectivity index (χ0) is 13.8. The van der Waals surface area contributed by atoms with E-state index >= 15 is 0 Å². The molecule has 1 amide bonds. The molecule has 0 saturated carbocycles. The molecule has 1 fully saturated rings. The lowest BCUT2D eigenvalue weighted by Gasteiger charge is -2.21. The van der Waals surface area contributed by atoms with Gasteiger partial charge in [-0.2, -0.15) is 0 Å². The van der Waals surface area contributed by atoms with E-state index in [1.54, 1.807) is 4.90 Å². The van der Waals surface area contributed by atoms with E-state index in [9.17, 15) is 9.90 Å². The van der Waals surface area contributed by atoms with E-state index < -0.39 is 0 Å². The Hall–Kier alpha value is -1.39. The van der Waals surface area contributed by atoms with Crippen molar-refractivity contribution in [2.45, 2.75) is 26.0 Å². The first-order valence-corrected chi connectivity index (χ1v) is 6.74. The third-order valence-electron chi connectivity index (χ3n) is 3.57. The Labute approximate surface area is 114 Å². The number of β-amino-alcohol motifs (C(OH)–C–C–N with tert-alkyl or cyclic N) is 1. The van der Waals surface area contributed by atoms with E-state index in [1.165, 1.54) is 5.56 Å². The van der Waals surface area contributed by atoms with E-state index in [4.69, 9.17) is 0 Å². The highest BCUT2D eigenvalue weighted by Gasteiger charge is 2.23. The number of likely N-dealkylation sites (N-methyl/N-ethyl adjacent to an activating group) is 1. The second-order valence-corrected chi connectivity index (χ2v) is 5.41. The fraction of sp³-hybridized carbons (Fsp3) is 0.533. The topological polar surface area (TPSA) is 43.8 Å². The smallest absolute Gasteiger partial charge is 0.236 e. The van der Waals surface area contributed by atoms with Crippen molar-refractivity contribution in [2.24, 2.45) is 0 Å². The van der Waals surface area contributed by atoms with Crippen LogP contribution in [0.4, 0.5) is 0 Å². The van der Waals surface area contributed by atoms with Gasteiger partial charge in [-0.05, 0) is 18.9 Å². The number of carbonyl (C=O) groups excluding carboxylic acids is 1. The Kier molecular flexibility index (Phi) is 4.56. The maximum absolute atomic E-state index is 12.1. The Morgan fingerprint density at radius 2 is 2.11 bits per heavy atom. The van der Waals surface area contributed by atoms with E-state index in [2.05, 4.69) is 31.2 Å². The minimum Gasteiger partial charge on any atom is -0.392 e. The SMILES string of the molecule is Cc1ccc(CN(C)C(=O)CN2CC[C@@H](O)C2)cc1. The van der Waals surface area contributed by atoms with Crippen molar-refractivity contribution in [3.8, 4) is 0 Å². The second-order valence-electron chi connectivity index (χ2n) is 5.41. The summed E-state index contributed by atoms with van der Waals surface area (Å²) >= 11 is 0. The number of nitrogens with zero attached hydrogens (tertiary/aromatic N) is 2. The minimum absolute atomic E-state index is 0.106. The average Bonchev–Trinajstić information content (AvgIpc) is 2.77. The molecule has 0 spiro atoms. The summed E-state index contributed by atoms with van der Waals surface area (Å²) in [4.78, 5) is 15.8. The van der Waals surface area contributed by atoms with Gasteiger partial charge in [-0.15, -0.1) is 0 Å². The fourth-order valence-electron chi connectivity index (χ4n) is 2.32. The Morgan fingerprint density at radius 3 is 2.68 bits per heavy atom. The molecule has 4 heteroatoms. The molecule has 2 rings (SSSR count). The van der Waals surface area contributed by atoms with Gasteiger partial charge in [0.15, 0.2) is 0 Å². The Morgan fingerprint density at radius 1 is 1.42 bits per heavy atom. The summed E-state index contributed by atoms with van der Waals surface area (Å²) in [5.74, 6) is 0.106. The number of hydrogen-bond acceptors (Lipinski definition) is 3. The van der Waals surface area contributed by atoms with Gasteiger partial charge >= 0.3 is 0 Å². The molecule has 1 saturated heterocycles. The number of benzene rings is 1. The predicted molar refractivity (Wildman–Crippen MR) is 74.7 cm³/mol. The highest BCUT2D eigenvalue weighted by atomic mass is 16.3. The van der Waals surface area contributed by atoms with Crippen molar-refractivity contribution < 1.29 is 9.90 Å². The summed E-state index contributed by atoms with van der Waals surface area (Å²) in [6.07, 6.45) is 0.504. The summed E-state index contributed by atoms with van der Waals surface area (Å²) in [5, 5.41) is 9.45. The first-order valence-electron chi connectivity index (χ1n) is 6.74. The molecule has 1 atom stereocenters. The molecule has 0 bridgehead atoms. The highest BCUT2D eigenvalue weighted by Crippen LogP contribution is 2.10. The van der Waals surface area contributed by atoms with Crippen LogP contribution in [-0.2, 0) is 11.3 Å². The molecule has 0 aromatic heterocycles. The number of aliphatic hydroxyl groups is 1. The van der Waals surface area contributed by atoms with Crippen LogP contribution in [0, 0.1) is 6.92 Å². The molecule has 0 unspecified atom stereocenters. The van der Waals surface area contributed by atoms with Crippen LogP contribution in [0.15, 0.2) is 24.3 Å². The van der Waals surface area contributed by atoms with E-state index in [0.717, 1.165) is 18.5 Å². The van der Waals surface area contributed by atoms with Crippen molar-refractivity contribution in [3.63, 3.8) is 0 Å². The Balaban J connectivity index is 1.83. The molecule has 1 heterocycles. The van der Waals surface area contributed by atoms with E-state index in [1.807, 2.05) is 11.9 Å². The number of rotatable bonds is 4. The molecule has 0 radical (unpaired) electrons. The minimum atomic E-state index is -0.268. The molecule has 1 aromatic rings. The third kappa shape index (κ3) is 4.04. The monoisotopic (exact) mass is 262 g/mol. The molecule has 1 aliphatic heterocycles.